The average molecular weight is 518 g/mol. The van der Waals surface area contributed by atoms with Crippen molar-refractivity contribution < 1.29 is 4.74 Å². The zero-order chi connectivity index (χ0) is 25.6. The molecule has 0 radical (unpaired) electrons. The Balaban J connectivity index is 1.13. The van der Waals surface area contributed by atoms with Crippen molar-refractivity contribution in [3.8, 4) is 0 Å². The molecule has 1 saturated heterocycles. The summed E-state index contributed by atoms with van der Waals surface area (Å²) in [6, 6.07) is 26.0. The molecule has 0 spiro atoms. The Morgan fingerprint density at radius 2 is 1.49 bits per heavy atom. The summed E-state index contributed by atoms with van der Waals surface area (Å²) in [4.78, 5) is 29.5. The third-order valence-electron chi connectivity index (χ3n) is 7.13. The standard InChI is InChI=1S/C30H32ClN3O3/c31-24-13-14-27-26(21-24)29(35)32-30(36)34(27)18-8-7-17-33-19-15-25(16-20-33)37-28(22-9-3-1-4-10-22)23-11-5-2-6-12-23/h1-6,9-14,21,25,28H,7-8,15-20H2,(H,32,35,36). The lowest BCUT2D eigenvalue weighted by Crippen LogP contribution is -2.38. The van der Waals surface area contributed by atoms with Gasteiger partial charge in [-0.15, -0.1) is 0 Å². The van der Waals surface area contributed by atoms with Crippen LogP contribution in [0.15, 0.2) is 88.5 Å². The van der Waals surface area contributed by atoms with E-state index in [0.29, 0.717) is 22.5 Å². The molecule has 3 aromatic carbocycles. The number of aromatic nitrogens is 2. The van der Waals surface area contributed by atoms with Crippen molar-refractivity contribution in [2.45, 2.75) is 44.4 Å². The second kappa shape index (κ2) is 11.9. The summed E-state index contributed by atoms with van der Waals surface area (Å²) in [5.41, 5.74) is 2.23. The fourth-order valence-electron chi connectivity index (χ4n) is 5.16. The topological polar surface area (TPSA) is 67.3 Å². The van der Waals surface area contributed by atoms with Gasteiger partial charge in [-0.1, -0.05) is 72.3 Å². The van der Waals surface area contributed by atoms with E-state index in [-0.39, 0.29) is 17.9 Å². The molecule has 37 heavy (non-hydrogen) atoms. The molecule has 192 valence electrons. The highest BCUT2D eigenvalue weighted by atomic mass is 35.5. The van der Waals surface area contributed by atoms with Crippen LogP contribution in [0.4, 0.5) is 0 Å². The minimum absolute atomic E-state index is 0.0562. The summed E-state index contributed by atoms with van der Waals surface area (Å²) in [6.45, 7) is 3.54. The van der Waals surface area contributed by atoms with Crippen molar-refractivity contribution >= 4 is 22.5 Å². The van der Waals surface area contributed by atoms with Gasteiger partial charge in [0.25, 0.3) is 5.56 Å². The van der Waals surface area contributed by atoms with E-state index in [0.717, 1.165) is 45.3 Å². The Labute approximate surface area is 221 Å². The molecule has 1 fully saturated rings. The van der Waals surface area contributed by atoms with Gasteiger partial charge in [-0.3, -0.25) is 14.3 Å². The third-order valence-corrected chi connectivity index (χ3v) is 7.37. The van der Waals surface area contributed by atoms with Gasteiger partial charge in [-0.05, 0) is 61.6 Å². The van der Waals surface area contributed by atoms with Crippen molar-refractivity contribution in [3.05, 3.63) is 116 Å². The first-order chi connectivity index (χ1) is 18.1. The van der Waals surface area contributed by atoms with E-state index in [4.69, 9.17) is 16.3 Å². The molecule has 1 aromatic heterocycles. The van der Waals surface area contributed by atoms with Crippen LogP contribution in [-0.4, -0.2) is 40.2 Å². The molecule has 0 aliphatic carbocycles. The van der Waals surface area contributed by atoms with Gasteiger partial charge < -0.3 is 9.64 Å². The molecule has 0 atom stereocenters. The summed E-state index contributed by atoms with van der Waals surface area (Å²) in [5.74, 6) is 0. The Bertz CT molecular complexity index is 1390. The second-order valence-electron chi connectivity index (χ2n) is 9.66. The molecule has 1 aliphatic rings. The fourth-order valence-corrected chi connectivity index (χ4v) is 5.33. The number of unbranched alkanes of at least 4 members (excludes halogenated alkanes) is 1. The number of nitrogens with one attached hydrogen (secondary N) is 1. The van der Waals surface area contributed by atoms with Crippen molar-refractivity contribution in [3.63, 3.8) is 0 Å². The van der Waals surface area contributed by atoms with Crippen molar-refractivity contribution in [2.24, 2.45) is 0 Å². The van der Waals surface area contributed by atoms with E-state index < -0.39 is 5.56 Å². The number of aromatic amines is 1. The lowest BCUT2D eigenvalue weighted by atomic mass is 10.00. The van der Waals surface area contributed by atoms with Gasteiger partial charge in [0.05, 0.1) is 17.0 Å². The van der Waals surface area contributed by atoms with Crippen molar-refractivity contribution in [2.75, 3.05) is 19.6 Å². The van der Waals surface area contributed by atoms with Crippen molar-refractivity contribution in [1.82, 2.24) is 14.5 Å². The molecule has 1 aliphatic heterocycles. The number of rotatable bonds is 9. The maximum Gasteiger partial charge on any atom is 0.328 e. The van der Waals surface area contributed by atoms with Gasteiger partial charge in [0.1, 0.15) is 6.10 Å². The first kappa shape index (κ1) is 25.5. The van der Waals surface area contributed by atoms with Crippen LogP contribution in [0.5, 0.6) is 0 Å². The number of fused-ring (bicyclic) bond motifs is 1. The van der Waals surface area contributed by atoms with Crippen LogP contribution in [0.2, 0.25) is 5.02 Å². The molecule has 6 nitrogen and oxygen atoms in total. The molecule has 7 heteroatoms. The Morgan fingerprint density at radius 1 is 0.865 bits per heavy atom. The molecule has 2 heterocycles. The summed E-state index contributed by atoms with van der Waals surface area (Å²) >= 11 is 6.04. The highest BCUT2D eigenvalue weighted by molar-refractivity contribution is 6.31. The monoisotopic (exact) mass is 517 g/mol. The molecule has 1 N–H and O–H groups in total. The maximum atomic E-state index is 12.4. The fraction of sp³-hybridized carbons (Fsp3) is 0.333. The molecule has 0 amide bonds. The maximum absolute atomic E-state index is 12.4. The number of hydrogen-bond acceptors (Lipinski definition) is 4. The summed E-state index contributed by atoms with van der Waals surface area (Å²) in [6.07, 6.45) is 3.99. The number of likely N-dealkylation sites (tertiary alicyclic amines) is 1. The van der Waals surface area contributed by atoms with Gasteiger partial charge in [-0.2, -0.15) is 0 Å². The number of piperidine rings is 1. The second-order valence-corrected chi connectivity index (χ2v) is 10.1. The third kappa shape index (κ3) is 6.21. The van der Waals surface area contributed by atoms with E-state index in [2.05, 4.69) is 58.4 Å². The number of aryl methyl sites for hydroxylation is 1. The van der Waals surface area contributed by atoms with Crippen LogP contribution in [0, 0.1) is 0 Å². The molecular weight excluding hydrogens is 486 g/mol. The van der Waals surface area contributed by atoms with Crippen LogP contribution in [0.1, 0.15) is 42.9 Å². The van der Waals surface area contributed by atoms with E-state index in [1.165, 1.54) is 11.1 Å². The van der Waals surface area contributed by atoms with Crippen LogP contribution < -0.4 is 11.2 Å². The van der Waals surface area contributed by atoms with Crippen LogP contribution >= 0.6 is 11.6 Å². The van der Waals surface area contributed by atoms with Crippen LogP contribution in [0.3, 0.4) is 0 Å². The predicted octanol–water partition coefficient (Wildman–Crippen LogP) is 5.39. The minimum atomic E-state index is -0.398. The summed E-state index contributed by atoms with van der Waals surface area (Å²) in [7, 11) is 0. The number of H-pyrrole nitrogens is 1. The zero-order valence-electron chi connectivity index (χ0n) is 20.8. The molecule has 5 rings (SSSR count). The highest BCUT2D eigenvalue weighted by Crippen LogP contribution is 2.30. The van der Waals surface area contributed by atoms with Gasteiger partial charge in [0.15, 0.2) is 0 Å². The van der Waals surface area contributed by atoms with Gasteiger partial charge >= 0.3 is 5.69 Å². The Hall–Kier alpha value is -3.19. The molecular formula is C30H32ClN3O3. The van der Waals surface area contributed by atoms with Crippen LogP contribution in [0.25, 0.3) is 10.9 Å². The van der Waals surface area contributed by atoms with E-state index in [1.54, 1.807) is 22.8 Å². The van der Waals surface area contributed by atoms with E-state index in [1.807, 2.05) is 12.1 Å². The van der Waals surface area contributed by atoms with E-state index >= 15 is 0 Å². The molecule has 4 aromatic rings. The Morgan fingerprint density at radius 3 is 2.14 bits per heavy atom. The first-order valence-electron chi connectivity index (χ1n) is 13.0. The van der Waals surface area contributed by atoms with Gasteiger partial charge in [0.2, 0.25) is 0 Å². The van der Waals surface area contributed by atoms with Crippen molar-refractivity contribution in [1.29, 1.82) is 0 Å². The summed E-state index contributed by atoms with van der Waals surface area (Å²) in [5, 5.41) is 0.924. The number of hydrogen-bond donors (Lipinski definition) is 1. The molecule has 0 saturated carbocycles. The Kier molecular flexibility index (Phi) is 8.19. The van der Waals surface area contributed by atoms with Gasteiger partial charge in [-0.25, -0.2) is 4.79 Å². The number of halogens is 1. The first-order valence-corrected chi connectivity index (χ1v) is 13.4. The normalized spacial score (nSPS) is 15.0. The largest absolute Gasteiger partial charge is 0.365 e. The molecule has 0 bridgehead atoms. The average Bonchev–Trinajstić information content (AvgIpc) is 2.93. The molecule has 0 unspecified atom stereocenters. The number of nitrogens with zero attached hydrogens (tertiary/aromatic N) is 2. The minimum Gasteiger partial charge on any atom is -0.365 e. The van der Waals surface area contributed by atoms with Crippen LogP contribution in [-0.2, 0) is 11.3 Å². The summed E-state index contributed by atoms with van der Waals surface area (Å²) < 4.78 is 8.30. The quantitative estimate of drug-likeness (QED) is 0.302. The number of benzene rings is 3. The number of ether oxygens (including phenoxy) is 1. The van der Waals surface area contributed by atoms with E-state index in [9.17, 15) is 9.59 Å². The lowest BCUT2D eigenvalue weighted by molar-refractivity contribution is -0.0271. The van der Waals surface area contributed by atoms with Gasteiger partial charge in [0, 0.05) is 24.7 Å². The smallest absolute Gasteiger partial charge is 0.328 e. The SMILES string of the molecule is O=c1[nH]c(=O)n(CCCCN2CCC(OC(c3ccccc3)c3ccccc3)CC2)c2ccc(Cl)cc12. The highest BCUT2D eigenvalue weighted by Gasteiger charge is 2.24. The predicted molar refractivity (Wildman–Crippen MR) is 148 cm³/mol. The zero-order valence-corrected chi connectivity index (χ0v) is 21.6. The lowest BCUT2D eigenvalue weighted by Gasteiger charge is -2.34.